The minimum absolute atomic E-state index is 0.0389. The van der Waals surface area contributed by atoms with E-state index in [9.17, 15) is 4.79 Å². The topological polar surface area (TPSA) is 105 Å². The molecular formula is C15H19ClN8OS. The number of thiocarbonyl (C=S) groups is 1. The van der Waals surface area contributed by atoms with Gasteiger partial charge in [-0.1, -0.05) is 28.8 Å². The van der Waals surface area contributed by atoms with Crippen molar-refractivity contribution in [2.24, 2.45) is 5.73 Å². The molecule has 2 aromatic rings. The summed E-state index contributed by atoms with van der Waals surface area (Å²) in [4.78, 5) is 15.9. The fourth-order valence-corrected chi connectivity index (χ4v) is 2.96. The summed E-state index contributed by atoms with van der Waals surface area (Å²) in [5.41, 5.74) is 8.87. The monoisotopic (exact) mass is 394 g/mol. The van der Waals surface area contributed by atoms with Gasteiger partial charge in [-0.3, -0.25) is 10.2 Å². The number of tetrazole rings is 1. The molecule has 1 amide bonds. The lowest BCUT2D eigenvalue weighted by atomic mass is 10.3. The Kier molecular flexibility index (Phi) is 5.52. The highest BCUT2D eigenvalue weighted by molar-refractivity contribution is 7.80. The number of benzene rings is 1. The normalized spacial score (nSPS) is 14.9. The van der Waals surface area contributed by atoms with Gasteiger partial charge in [0.05, 0.1) is 10.7 Å². The molecule has 1 aromatic heterocycles. The maximum atomic E-state index is 12.6. The maximum absolute atomic E-state index is 12.6. The summed E-state index contributed by atoms with van der Waals surface area (Å²) in [5.74, 6) is 0.127. The second kappa shape index (κ2) is 7.83. The third-order valence-electron chi connectivity index (χ3n) is 4.07. The minimum Gasteiger partial charge on any atom is -0.374 e. The molecule has 0 aliphatic carbocycles. The Labute approximate surface area is 161 Å². The zero-order valence-corrected chi connectivity index (χ0v) is 15.7. The van der Waals surface area contributed by atoms with Crippen LogP contribution in [0, 0.1) is 0 Å². The van der Waals surface area contributed by atoms with Gasteiger partial charge in [-0.05, 0) is 49.3 Å². The Morgan fingerprint density at radius 2 is 2.08 bits per heavy atom. The number of hydrogen-bond donors (Lipinski definition) is 2. The van der Waals surface area contributed by atoms with Crippen LogP contribution in [-0.4, -0.2) is 44.3 Å². The Bertz CT molecular complexity index is 806. The van der Waals surface area contributed by atoms with Gasteiger partial charge in [0, 0.05) is 13.1 Å². The van der Waals surface area contributed by atoms with Crippen LogP contribution < -0.4 is 21.1 Å². The van der Waals surface area contributed by atoms with Gasteiger partial charge in [0.15, 0.2) is 11.2 Å². The van der Waals surface area contributed by atoms with Gasteiger partial charge in [0.25, 0.3) is 11.9 Å². The fourth-order valence-electron chi connectivity index (χ4n) is 2.60. The van der Waals surface area contributed by atoms with Gasteiger partial charge in [-0.15, -0.1) is 9.90 Å². The molecule has 1 fully saturated rings. The largest absolute Gasteiger partial charge is 0.374 e. The Morgan fingerprint density at radius 1 is 1.38 bits per heavy atom. The zero-order valence-electron chi connectivity index (χ0n) is 14.2. The smallest absolute Gasteiger partial charge is 0.266 e. The number of rotatable bonds is 4. The number of nitrogens with one attached hydrogen (secondary N) is 1. The molecule has 0 saturated carbocycles. The molecule has 0 bridgehead atoms. The molecular weight excluding hydrogens is 376 g/mol. The zero-order chi connectivity index (χ0) is 18.7. The average Bonchev–Trinajstić information content (AvgIpc) is 3.30. The van der Waals surface area contributed by atoms with Crippen LogP contribution in [-0.2, 0) is 4.79 Å². The summed E-state index contributed by atoms with van der Waals surface area (Å²) in [7, 11) is 0. The second-order valence-electron chi connectivity index (χ2n) is 5.88. The van der Waals surface area contributed by atoms with Gasteiger partial charge in [-0.25, -0.2) is 5.01 Å². The van der Waals surface area contributed by atoms with Crippen LogP contribution in [0.1, 0.15) is 25.8 Å². The number of halogens is 1. The molecule has 0 spiro atoms. The van der Waals surface area contributed by atoms with E-state index in [0.717, 1.165) is 25.9 Å². The molecule has 1 aliphatic heterocycles. The lowest BCUT2D eigenvalue weighted by Gasteiger charge is -2.25. The molecule has 0 radical (unpaired) electrons. The number of nitrogens with two attached hydrogens (primary N) is 1. The van der Waals surface area contributed by atoms with E-state index in [4.69, 9.17) is 29.6 Å². The summed E-state index contributed by atoms with van der Waals surface area (Å²) < 4.78 is 0. The van der Waals surface area contributed by atoms with E-state index in [0.29, 0.717) is 16.7 Å². The van der Waals surface area contributed by atoms with Crippen molar-refractivity contribution < 1.29 is 4.79 Å². The van der Waals surface area contributed by atoms with Crippen LogP contribution in [0.2, 0.25) is 5.02 Å². The van der Waals surface area contributed by atoms with E-state index in [1.807, 2.05) is 4.90 Å². The number of amides is 1. The summed E-state index contributed by atoms with van der Waals surface area (Å²) in [6, 6.07) is 6.21. The van der Waals surface area contributed by atoms with Crippen molar-refractivity contribution in [3.63, 3.8) is 0 Å². The van der Waals surface area contributed by atoms with E-state index < -0.39 is 11.9 Å². The average molecular weight is 395 g/mol. The van der Waals surface area contributed by atoms with Crippen LogP contribution >= 0.6 is 23.8 Å². The van der Waals surface area contributed by atoms with Crippen molar-refractivity contribution in [2.75, 3.05) is 23.0 Å². The molecule has 3 N–H and O–H groups in total. The Balaban J connectivity index is 1.73. The van der Waals surface area contributed by atoms with Crippen LogP contribution in [0.15, 0.2) is 24.3 Å². The first-order chi connectivity index (χ1) is 12.5. The number of hydrazine groups is 1. The summed E-state index contributed by atoms with van der Waals surface area (Å²) in [6.45, 7) is 3.46. The summed E-state index contributed by atoms with van der Waals surface area (Å²) >= 11 is 11.2. The van der Waals surface area contributed by atoms with Crippen molar-refractivity contribution in [1.29, 1.82) is 0 Å². The number of hydrogen-bond acceptors (Lipinski definition) is 6. The van der Waals surface area contributed by atoms with Crippen molar-refractivity contribution in [3.05, 3.63) is 29.3 Å². The highest BCUT2D eigenvalue weighted by atomic mass is 35.5. The predicted molar refractivity (Wildman–Crippen MR) is 103 cm³/mol. The number of carbonyl (C=O) groups excluding carboxylic acids is 1. The quantitative estimate of drug-likeness (QED) is 0.590. The number of nitrogens with zero attached hydrogens (tertiary/aromatic N) is 6. The molecule has 1 saturated heterocycles. The number of aromatic nitrogens is 4. The van der Waals surface area contributed by atoms with E-state index >= 15 is 0 Å². The van der Waals surface area contributed by atoms with Crippen molar-refractivity contribution >= 4 is 46.5 Å². The Hall–Kier alpha value is -2.46. The maximum Gasteiger partial charge on any atom is 0.266 e. The van der Waals surface area contributed by atoms with Crippen LogP contribution in [0.25, 0.3) is 0 Å². The number of anilines is 2. The third kappa shape index (κ3) is 3.86. The first-order valence-corrected chi connectivity index (χ1v) is 8.95. The van der Waals surface area contributed by atoms with Gasteiger partial charge >= 0.3 is 0 Å². The van der Waals surface area contributed by atoms with E-state index in [1.165, 1.54) is 9.81 Å². The molecule has 1 atom stereocenters. The lowest BCUT2D eigenvalue weighted by Crippen LogP contribution is -2.51. The molecule has 1 aliphatic rings. The van der Waals surface area contributed by atoms with E-state index in [2.05, 4.69) is 20.8 Å². The van der Waals surface area contributed by atoms with Gasteiger partial charge < -0.3 is 10.6 Å². The van der Waals surface area contributed by atoms with Gasteiger partial charge in [-0.2, -0.15) is 0 Å². The number of carbonyl (C=O) groups is 1. The SMILES string of the molecule is CC(C(=O)NN(C(N)=S)c1ccccc1Cl)n1nnc(N2CCCC2)n1. The molecule has 1 aromatic carbocycles. The molecule has 26 heavy (non-hydrogen) atoms. The van der Waals surface area contributed by atoms with E-state index in [-0.39, 0.29) is 5.11 Å². The van der Waals surface area contributed by atoms with Gasteiger partial charge in [0.1, 0.15) is 0 Å². The van der Waals surface area contributed by atoms with Crippen LogP contribution in [0.5, 0.6) is 0 Å². The van der Waals surface area contributed by atoms with Gasteiger partial charge in [0.2, 0.25) is 0 Å². The first kappa shape index (κ1) is 18.3. The summed E-state index contributed by atoms with van der Waals surface area (Å²) in [6.07, 6.45) is 2.20. The predicted octanol–water partition coefficient (Wildman–Crippen LogP) is 1.27. The number of para-hydroxylation sites is 1. The molecule has 1 unspecified atom stereocenters. The fraction of sp³-hybridized carbons (Fsp3) is 0.400. The molecule has 2 heterocycles. The molecule has 9 nitrogen and oxygen atoms in total. The summed E-state index contributed by atoms with van der Waals surface area (Å²) in [5, 5.41) is 14.0. The molecule has 11 heteroatoms. The van der Waals surface area contributed by atoms with Crippen LogP contribution in [0.3, 0.4) is 0 Å². The first-order valence-electron chi connectivity index (χ1n) is 8.16. The van der Waals surface area contributed by atoms with Crippen LogP contribution in [0.4, 0.5) is 11.6 Å². The second-order valence-corrected chi connectivity index (χ2v) is 6.71. The molecule has 3 rings (SSSR count). The van der Waals surface area contributed by atoms with E-state index in [1.54, 1.807) is 31.2 Å². The highest BCUT2D eigenvalue weighted by Gasteiger charge is 2.24. The Morgan fingerprint density at radius 3 is 2.73 bits per heavy atom. The molecule has 138 valence electrons. The van der Waals surface area contributed by atoms with Crippen molar-refractivity contribution in [3.8, 4) is 0 Å². The minimum atomic E-state index is -0.710. The van der Waals surface area contributed by atoms with Crippen molar-refractivity contribution in [2.45, 2.75) is 25.8 Å². The standard InChI is InChI=1S/C15H19ClN8OS/c1-10(24-20-15(18-21-24)22-8-4-5-9-22)13(25)19-23(14(17)26)12-7-3-2-6-11(12)16/h2-3,6-7,10H,4-5,8-9H2,1H3,(H2,17,26)(H,19,25). The highest BCUT2D eigenvalue weighted by Crippen LogP contribution is 2.24. The third-order valence-corrected chi connectivity index (χ3v) is 4.57. The van der Waals surface area contributed by atoms with Crippen molar-refractivity contribution in [1.82, 2.24) is 25.6 Å². The lowest BCUT2D eigenvalue weighted by molar-refractivity contribution is -0.124.